The first-order valence-electron chi connectivity index (χ1n) is 5.34. The smallest absolute Gasteiger partial charge is 0.241 e. The van der Waals surface area contributed by atoms with Crippen molar-refractivity contribution in [3.05, 3.63) is 25.6 Å². The summed E-state index contributed by atoms with van der Waals surface area (Å²) in [5.41, 5.74) is 0.686. The largest absolute Gasteiger partial charge is 0.392 e. The molecule has 1 aromatic rings. The lowest BCUT2D eigenvalue weighted by Crippen LogP contribution is -2.35. The Morgan fingerprint density at radius 3 is 2.44 bits per heavy atom. The minimum atomic E-state index is -0.447. The summed E-state index contributed by atoms with van der Waals surface area (Å²) >= 11 is 10.2. The van der Waals surface area contributed by atoms with Gasteiger partial charge in [0.15, 0.2) is 0 Å². The van der Waals surface area contributed by atoms with Gasteiger partial charge in [0.05, 0.1) is 17.8 Å². The van der Waals surface area contributed by atoms with Crippen LogP contribution in [-0.4, -0.2) is 29.7 Å². The first kappa shape index (κ1) is 14.5. The Morgan fingerprint density at radius 1 is 1.33 bits per heavy atom. The van der Waals surface area contributed by atoms with Crippen LogP contribution < -0.4 is 10.6 Å². The molecule has 0 aliphatic carbocycles. The predicted octanol–water partition coefficient (Wildman–Crippen LogP) is 2.64. The van der Waals surface area contributed by atoms with Crippen LogP contribution in [-0.2, 0) is 4.79 Å². The third-order valence-corrected chi connectivity index (χ3v) is 4.39. The van der Waals surface area contributed by atoms with Crippen molar-refractivity contribution >= 4 is 59.4 Å². The highest BCUT2D eigenvalue weighted by Crippen LogP contribution is 2.34. The number of amides is 1. The van der Waals surface area contributed by atoms with E-state index in [1.807, 2.05) is 12.1 Å². The van der Waals surface area contributed by atoms with Crippen molar-refractivity contribution in [1.82, 2.24) is 5.32 Å². The molecule has 1 saturated heterocycles. The van der Waals surface area contributed by atoms with Gasteiger partial charge in [-0.25, -0.2) is 0 Å². The standard InChI is InChI=1S/C11H11Br3N2O2/c12-5-1-7(13)10(8(14)2-5)16-11(18)9-3-6(17)4-15-9/h1-2,6,9,15,17H,3-4H2,(H,16,18). The Labute approximate surface area is 130 Å². The molecule has 18 heavy (non-hydrogen) atoms. The number of anilines is 1. The van der Waals surface area contributed by atoms with Crippen LogP contribution in [0.3, 0.4) is 0 Å². The van der Waals surface area contributed by atoms with E-state index < -0.39 is 6.10 Å². The molecule has 98 valence electrons. The van der Waals surface area contributed by atoms with Crippen molar-refractivity contribution in [1.29, 1.82) is 0 Å². The summed E-state index contributed by atoms with van der Waals surface area (Å²) in [7, 11) is 0. The molecule has 0 spiro atoms. The van der Waals surface area contributed by atoms with E-state index in [-0.39, 0.29) is 11.9 Å². The summed E-state index contributed by atoms with van der Waals surface area (Å²) in [4.78, 5) is 12.0. The summed E-state index contributed by atoms with van der Waals surface area (Å²) < 4.78 is 2.49. The van der Waals surface area contributed by atoms with E-state index in [1.165, 1.54) is 0 Å². The Hall–Kier alpha value is 0.0500. The minimum absolute atomic E-state index is 0.143. The van der Waals surface area contributed by atoms with Crippen LogP contribution in [0.5, 0.6) is 0 Å². The van der Waals surface area contributed by atoms with Crippen LogP contribution in [0.4, 0.5) is 5.69 Å². The summed E-state index contributed by atoms with van der Waals surface area (Å²) in [5, 5.41) is 15.2. The van der Waals surface area contributed by atoms with Gasteiger partial charge in [0.2, 0.25) is 5.91 Å². The first-order valence-corrected chi connectivity index (χ1v) is 7.72. The van der Waals surface area contributed by atoms with Crippen molar-refractivity contribution in [3.8, 4) is 0 Å². The molecule has 1 aromatic carbocycles. The first-order chi connectivity index (χ1) is 8.47. The molecular weight excluding hydrogens is 432 g/mol. The molecule has 2 atom stereocenters. The highest BCUT2D eigenvalue weighted by atomic mass is 79.9. The van der Waals surface area contributed by atoms with E-state index in [4.69, 9.17) is 0 Å². The fourth-order valence-corrected chi connectivity index (χ4v) is 4.25. The molecule has 1 amide bonds. The van der Waals surface area contributed by atoms with Crippen LogP contribution in [0.15, 0.2) is 25.6 Å². The van der Waals surface area contributed by atoms with Gasteiger partial charge in [-0.2, -0.15) is 0 Å². The van der Waals surface area contributed by atoms with E-state index in [9.17, 15) is 9.90 Å². The van der Waals surface area contributed by atoms with Gasteiger partial charge < -0.3 is 15.7 Å². The predicted molar refractivity (Wildman–Crippen MR) is 80.6 cm³/mol. The van der Waals surface area contributed by atoms with Gasteiger partial charge in [-0.05, 0) is 50.4 Å². The Bertz CT molecular complexity index is 458. The number of β-amino-alcohol motifs (C(OH)–C–C–N with tert-alkyl or cyclic N) is 1. The molecule has 3 N–H and O–H groups in total. The molecule has 2 unspecified atom stereocenters. The van der Waals surface area contributed by atoms with Crippen molar-refractivity contribution in [2.45, 2.75) is 18.6 Å². The topological polar surface area (TPSA) is 61.4 Å². The SMILES string of the molecule is O=C(Nc1c(Br)cc(Br)cc1Br)C1CC(O)CN1. The van der Waals surface area contributed by atoms with E-state index in [1.54, 1.807) is 0 Å². The molecule has 0 aromatic heterocycles. The van der Waals surface area contributed by atoms with E-state index in [2.05, 4.69) is 58.4 Å². The fraction of sp³-hybridized carbons (Fsp3) is 0.364. The molecule has 1 aliphatic heterocycles. The monoisotopic (exact) mass is 440 g/mol. The Balaban J connectivity index is 2.12. The molecule has 1 fully saturated rings. The third kappa shape index (κ3) is 3.33. The number of carbonyl (C=O) groups excluding carboxylic acids is 1. The highest BCUT2D eigenvalue weighted by Gasteiger charge is 2.28. The maximum absolute atomic E-state index is 12.0. The van der Waals surface area contributed by atoms with Crippen LogP contribution in [0.1, 0.15) is 6.42 Å². The number of rotatable bonds is 2. The van der Waals surface area contributed by atoms with E-state index >= 15 is 0 Å². The maximum atomic E-state index is 12.0. The third-order valence-electron chi connectivity index (χ3n) is 2.68. The minimum Gasteiger partial charge on any atom is -0.392 e. The van der Waals surface area contributed by atoms with Crippen LogP contribution in [0.2, 0.25) is 0 Å². The van der Waals surface area contributed by atoms with Crippen molar-refractivity contribution in [2.75, 3.05) is 11.9 Å². The Kier molecular flexibility index (Phi) is 4.82. The summed E-state index contributed by atoms with van der Waals surface area (Å²) in [6.07, 6.45) is -0.00465. The average molecular weight is 443 g/mol. The Morgan fingerprint density at radius 2 is 1.94 bits per heavy atom. The van der Waals surface area contributed by atoms with Crippen molar-refractivity contribution < 1.29 is 9.90 Å². The molecule has 0 radical (unpaired) electrons. The average Bonchev–Trinajstić information content (AvgIpc) is 2.70. The normalized spacial score (nSPS) is 23.1. The number of aliphatic hydroxyl groups is 1. The number of nitrogens with one attached hydrogen (secondary N) is 2. The van der Waals surface area contributed by atoms with Crippen LogP contribution >= 0.6 is 47.8 Å². The van der Waals surface area contributed by atoms with Gasteiger partial charge in [0, 0.05) is 20.0 Å². The number of halogens is 3. The zero-order valence-electron chi connectivity index (χ0n) is 9.21. The lowest BCUT2D eigenvalue weighted by atomic mass is 10.2. The highest BCUT2D eigenvalue weighted by molar-refractivity contribution is 9.11. The summed E-state index contributed by atoms with van der Waals surface area (Å²) in [5.74, 6) is -0.143. The van der Waals surface area contributed by atoms with Gasteiger partial charge in [-0.3, -0.25) is 4.79 Å². The quantitative estimate of drug-likeness (QED) is 0.660. The van der Waals surface area contributed by atoms with Crippen molar-refractivity contribution in [3.63, 3.8) is 0 Å². The van der Waals surface area contributed by atoms with Gasteiger partial charge in [0.25, 0.3) is 0 Å². The second kappa shape index (κ2) is 6.00. The van der Waals surface area contributed by atoms with Gasteiger partial charge in [0.1, 0.15) is 0 Å². The van der Waals surface area contributed by atoms with E-state index in [0.717, 1.165) is 13.4 Å². The second-order valence-electron chi connectivity index (χ2n) is 4.08. The maximum Gasteiger partial charge on any atom is 0.241 e. The zero-order valence-corrected chi connectivity index (χ0v) is 14.0. The number of carbonyl (C=O) groups is 1. The number of hydrogen-bond donors (Lipinski definition) is 3. The van der Waals surface area contributed by atoms with Gasteiger partial charge in [-0.15, -0.1) is 0 Å². The molecule has 4 nitrogen and oxygen atoms in total. The van der Waals surface area contributed by atoms with E-state index in [0.29, 0.717) is 18.7 Å². The molecule has 0 saturated carbocycles. The van der Waals surface area contributed by atoms with Crippen LogP contribution in [0, 0.1) is 0 Å². The fourth-order valence-electron chi connectivity index (χ4n) is 1.79. The lowest BCUT2D eigenvalue weighted by Gasteiger charge is -2.14. The van der Waals surface area contributed by atoms with Crippen LogP contribution in [0.25, 0.3) is 0 Å². The number of benzene rings is 1. The summed E-state index contributed by atoms with van der Waals surface area (Å²) in [6.45, 7) is 0.459. The molecular formula is C11H11Br3N2O2. The number of aliphatic hydroxyl groups excluding tert-OH is 1. The van der Waals surface area contributed by atoms with Crippen molar-refractivity contribution in [2.24, 2.45) is 0 Å². The molecule has 7 heteroatoms. The summed E-state index contributed by atoms with van der Waals surface area (Å²) in [6, 6.07) is 3.37. The number of hydrogen-bond acceptors (Lipinski definition) is 3. The molecule has 0 bridgehead atoms. The molecule has 2 rings (SSSR count). The zero-order chi connectivity index (χ0) is 13.3. The van der Waals surface area contributed by atoms with Gasteiger partial charge in [-0.1, -0.05) is 15.9 Å². The lowest BCUT2D eigenvalue weighted by molar-refractivity contribution is -0.117. The van der Waals surface area contributed by atoms with Gasteiger partial charge >= 0.3 is 0 Å². The molecule has 1 heterocycles. The second-order valence-corrected chi connectivity index (χ2v) is 6.71. The molecule has 1 aliphatic rings.